The average Bonchev–Trinajstić information content (AvgIpc) is 1.71. The van der Waals surface area contributed by atoms with Crippen LogP contribution >= 0.6 is 11.6 Å². The first-order valence-corrected chi connectivity index (χ1v) is 35.6. The normalized spacial score (nSPS) is 38.5. The van der Waals surface area contributed by atoms with E-state index in [9.17, 15) is 39.6 Å². The largest absolute Gasteiger partial charge is 0.481 e. The number of alkyl halides is 1. The molecule has 500 valence electrons. The summed E-state index contributed by atoms with van der Waals surface area (Å²) in [4.78, 5) is 51.7. The molecule has 91 heavy (non-hydrogen) atoms. The summed E-state index contributed by atoms with van der Waals surface area (Å²) in [5.74, 6) is 9.72. The molecule has 0 spiro atoms. The van der Waals surface area contributed by atoms with E-state index in [1.165, 1.54) is 43.2 Å². The van der Waals surface area contributed by atoms with Crippen LogP contribution in [0.4, 0.5) is 9.59 Å². The van der Waals surface area contributed by atoms with E-state index in [1.54, 1.807) is 9.80 Å². The Morgan fingerprint density at radius 2 is 0.978 bits per heavy atom. The van der Waals surface area contributed by atoms with Crippen LogP contribution in [0.15, 0.2) is 48.5 Å². The lowest BCUT2D eigenvalue weighted by atomic mass is 9.43. The van der Waals surface area contributed by atoms with Crippen LogP contribution in [-0.2, 0) is 36.6 Å². The van der Waals surface area contributed by atoms with Crippen molar-refractivity contribution < 1.29 is 58.9 Å². The molecule has 2 aromatic rings. The second kappa shape index (κ2) is 29.0. The van der Waals surface area contributed by atoms with Crippen molar-refractivity contribution in [2.75, 3.05) is 25.9 Å². The molecule has 2 aromatic carbocycles. The zero-order valence-electron chi connectivity index (χ0n) is 55.3. The molecule has 0 saturated heterocycles. The summed E-state index contributed by atoms with van der Waals surface area (Å²) >= 11 is 5.43. The number of halogens is 1. The number of aliphatic hydroxyl groups is 4. The van der Waals surface area contributed by atoms with E-state index in [0.717, 1.165) is 120 Å². The van der Waals surface area contributed by atoms with Gasteiger partial charge in [0.15, 0.2) is 6.07 Å². The minimum atomic E-state index is -0.684. The number of aliphatic carboxylic acids is 1. The third-order valence-corrected chi connectivity index (χ3v) is 27.1. The third-order valence-electron chi connectivity index (χ3n) is 27.0. The topological polar surface area (TPSA) is 204 Å². The first-order valence-electron chi connectivity index (χ1n) is 35.1. The van der Waals surface area contributed by atoms with Gasteiger partial charge < -0.3 is 39.7 Å². The fourth-order valence-electron chi connectivity index (χ4n) is 22.4. The van der Waals surface area contributed by atoms with E-state index in [1.807, 2.05) is 36.4 Å². The molecule has 10 aliphatic carbocycles. The van der Waals surface area contributed by atoms with Crippen molar-refractivity contribution in [3.05, 3.63) is 70.8 Å². The fraction of sp³-hybridized carbons (Fsp3) is 0.737. The highest BCUT2D eigenvalue weighted by Gasteiger charge is 2.65. The lowest BCUT2D eigenvalue weighted by Crippen LogP contribution is -2.58. The van der Waals surface area contributed by atoms with E-state index in [-0.39, 0.29) is 96.1 Å². The number of terminal acetylenes is 2. The van der Waals surface area contributed by atoms with Gasteiger partial charge in [0, 0.05) is 12.8 Å². The van der Waals surface area contributed by atoms with Gasteiger partial charge in [0.25, 0.3) is 0 Å². The Balaban J connectivity index is 0.000000167. The number of aryl methyl sites for hydroxylation is 2. The number of hydrogen-bond donors (Lipinski definition) is 5. The molecule has 0 aromatic heterocycles. The number of benzene rings is 2. The van der Waals surface area contributed by atoms with Gasteiger partial charge in [0.1, 0.15) is 0 Å². The van der Waals surface area contributed by atoms with Gasteiger partial charge in [-0.15, -0.1) is 12.8 Å². The fourth-order valence-corrected chi connectivity index (χ4v) is 22.5. The Morgan fingerprint density at radius 1 is 0.560 bits per heavy atom. The van der Waals surface area contributed by atoms with E-state index in [0.29, 0.717) is 71.0 Å². The maximum Gasteiger partial charge on any atom is 0.413 e. The number of aliphatic hydroxyl groups excluding tert-OH is 4. The highest BCUT2D eigenvalue weighted by atomic mass is 35.5. The minimum Gasteiger partial charge on any atom is -0.481 e. The van der Waals surface area contributed by atoms with Gasteiger partial charge in [-0.1, -0.05) is 114 Å². The number of carboxylic acids is 1. The maximum atomic E-state index is 12.9. The number of esters is 1. The van der Waals surface area contributed by atoms with Crippen molar-refractivity contribution in [1.29, 1.82) is 0 Å². The Hall–Kier alpha value is -4.83. The van der Waals surface area contributed by atoms with E-state index in [2.05, 4.69) is 65.5 Å². The molecule has 5 N–H and O–H groups in total. The zero-order chi connectivity index (χ0) is 65.2. The molecule has 15 heteroatoms. The summed E-state index contributed by atoms with van der Waals surface area (Å²) in [7, 11) is 0. The molecule has 8 saturated carbocycles. The van der Waals surface area contributed by atoms with E-state index < -0.39 is 24.9 Å². The number of carboxylic acid groups (broad SMARTS) is 1. The first kappa shape index (κ1) is 69.0. The molecule has 10 aliphatic rings. The molecule has 0 heterocycles. The molecule has 0 aliphatic heterocycles. The van der Waals surface area contributed by atoms with Gasteiger partial charge >= 0.3 is 24.1 Å². The summed E-state index contributed by atoms with van der Waals surface area (Å²) in [5, 5.41) is 52.4. The monoisotopic (exact) mass is 1270 g/mol. The average molecular weight is 1280 g/mol. The van der Waals surface area contributed by atoms with Crippen molar-refractivity contribution in [1.82, 2.24) is 9.80 Å². The van der Waals surface area contributed by atoms with Gasteiger partial charge in [-0.3, -0.25) is 19.4 Å². The summed E-state index contributed by atoms with van der Waals surface area (Å²) in [6.45, 7) is 14.3. The van der Waals surface area contributed by atoms with Crippen LogP contribution < -0.4 is 0 Å². The molecule has 12 rings (SSSR count). The molecule has 22 atom stereocenters. The number of nitrogens with zero attached hydrogens (tertiary/aromatic N) is 2. The van der Waals surface area contributed by atoms with Crippen LogP contribution in [0, 0.1) is 117 Å². The molecule has 14 nitrogen and oxygen atoms in total. The number of carbonyl (C=O) groups is 4. The first-order chi connectivity index (χ1) is 43.5. The standard InChI is InChI=1S/C38H53NO6.C24H40O4.C14H14ClNO2/c1-5-20-39(32-14-11-25-8-6-7-9-28(25)32)36(43)45-23-44-34(42)15-10-24(2)29-12-13-30-35-31(17-19-38(29,30)4)37(3)18-16-27(40)21-26(37)22-33(35)41;1-14(4-7-21(27)28)17-5-6-18-22-19(9-11-24(17,18)3)23(2)10-8-16(25)12-15(23)13-20(22)26;1-2-9-16(14(17)18-10-15)13-8-7-11-5-3-4-6-12(11)13/h1,6-9,24,26-27,29-33,35,40-41H,10-23H2,2-4H3;14-20,22,25-26H,4-13H2,1-3H3,(H,27,28);1,3-6,13H,7-10H2/t24-,26+,27-,29?,30?,31?,32-,33-,35?,37+,38-;14-,15+,16-,17?,18?,19?,20-,22?,23+,24-;13-/m111/s1. The van der Waals surface area contributed by atoms with Crippen molar-refractivity contribution in [2.24, 2.45) is 92.7 Å². The molecule has 0 radical (unpaired) electrons. The molecule has 8 fully saturated rings. The quantitative estimate of drug-likeness (QED) is 0.0489. The van der Waals surface area contributed by atoms with Crippen molar-refractivity contribution >= 4 is 35.7 Å². The Kier molecular flexibility index (Phi) is 22.0. The van der Waals surface area contributed by atoms with Crippen LogP contribution in [-0.4, -0.2) is 110 Å². The molecule has 0 bridgehead atoms. The predicted octanol–water partition coefficient (Wildman–Crippen LogP) is 14.1. The van der Waals surface area contributed by atoms with Crippen molar-refractivity contribution in [3.63, 3.8) is 0 Å². The molecule has 8 unspecified atom stereocenters. The predicted molar refractivity (Wildman–Crippen MR) is 350 cm³/mol. The lowest BCUT2D eigenvalue weighted by Gasteiger charge is -2.62. The highest BCUT2D eigenvalue weighted by Crippen LogP contribution is 2.70. The van der Waals surface area contributed by atoms with Crippen molar-refractivity contribution in [2.45, 2.75) is 232 Å². The van der Waals surface area contributed by atoms with Gasteiger partial charge in [0.2, 0.25) is 6.79 Å². The SMILES string of the molecule is C#CCN(C(=O)OCCl)[C@@H]1CCc2ccccc21.C#CCN(C(=O)OCOC(=O)CC[C@@H](C)C1CCC2C3C(CC[C@@]21C)[C@@]1(C)CC[C@@H](O)C[C@H]1C[C@H]3O)[C@@H]1CCc2ccccc21.C[C@H](CCC(=O)O)C1CCC2C3C(CC[C@@]21C)[C@@]1(C)CC[C@@H](O)C[C@H]1C[C@H]3O. The zero-order valence-corrected chi connectivity index (χ0v) is 56.1. The second-order valence-electron chi connectivity index (χ2n) is 31.1. The Labute approximate surface area is 548 Å². The van der Waals surface area contributed by atoms with Crippen LogP contribution in [0.3, 0.4) is 0 Å². The third kappa shape index (κ3) is 13.9. The molecular weight excluding hydrogens is 1170 g/mol. The van der Waals surface area contributed by atoms with Crippen LogP contribution in [0.2, 0.25) is 0 Å². The van der Waals surface area contributed by atoms with Crippen LogP contribution in [0.25, 0.3) is 0 Å². The van der Waals surface area contributed by atoms with E-state index >= 15 is 0 Å². The number of hydrogen-bond acceptors (Lipinski definition) is 11. The summed E-state index contributed by atoms with van der Waals surface area (Å²) < 4.78 is 15.6. The van der Waals surface area contributed by atoms with Gasteiger partial charge in [-0.25, -0.2) is 9.59 Å². The lowest BCUT2D eigenvalue weighted by molar-refractivity contribution is -0.174. The smallest absolute Gasteiger partial charge is 0.413 e. The van der Waals surface area contributed by atoms with Gasteiger partial charge in [0.05, 0.1) is 49.6 Å². The van der Waals surface area contributed by atoms with E-state index in [4.69, 9.17) is 43.8 Å². The summed E-state index contributed by atoms with van der Waals surface area (Å²) in [6.07, 6.45) is 31.3. The van der Waals surface area contributed by atoms with Crippen molar-refractivity contribution in [3.8, 4) is 24.7 Å². The number of fused-ring (bicyclic) bond motifs is 12. The minimum absolute atomic E-state index is 0.00651. The second-order valence-corrected chi connectivity index (χ2v) is 31.3. The maximum absolute atomic E-state index is 12.9. The van der Waals surface area contributed by atoms with Crippen LogP contribution in [0.5, 0.6) is 0 Å². The Bertz CT molecular complexity index is 2960. The number of rotatable bonds is 15. The van der Waals surface area contributed by atoms with Crippen LogP contribution in [0.1, 0.15) is 217 Å². The summed E-state index contributed by atoms with van der Waals surface area (Å²) in [5.41, 5.74) is 5.64. The molecular formula is C76H107ClN2O12. The molecule has 2 amide bonds. The Morgan fingerprint density at radius 3 is 1.42 bits per heavy atom. The van der Waals surface area contributed by atoms with Gasteiger partial charge in [-0.05, 0) is 256 Å². The number of amides is 2. The number of carbonyl (C=O) groups excluding carboxylic acids is 3. The number of ether oxygens (including phenoxy) is 3. The highest BCUT2D eigenvalue weighted by molar-refractivity contribution is 6.17. The van der Waals surface area contributed by atoms with Gasteiger partial charge in [-0.2, -0.15) is 0 Å². The summed E-state index contributed by atoms with van der Waals surface area (Å²) in [6, 6.07) is 15.9.